The quantitative estimate of drug-likeness (QED) is 0.537. The van der Waals surface area contributed by atoms with Gasteiger partial charge in [0.1, 0.15) is 11.5 Å². The Kier molecular flexibility index (Phi) is 6.22. The van der Waals surface area contributed by atoms with Crippen LogP contribution in [0.4, 0.5) is 5.69 Å². The summed E-state index contributed by atoms with van der Waals surface area (Å²) in [5, 5.41) is 6.51. The summed E-state index contributed by atoms with van der Waals surface area (Å²) in [6.07, 6.45) is 3.19. The Morgan fingerprint density at radius 3 is 2.24 bits per heavy atom. The fourth-order valence-electron chi connectivity index (χ4n) is 3.37. The van der Waals surface area contributed by atoms with Crippen LogP contribution in [0.3, 0.4) is 0 Å². The van der Waals surface area contributed by atoms with Gasteiger partial charge in [0.2, 0.25) is 5.91 Å². The predicted molar refractivity (Wildman–Crippen MR) is 116 cm³/mol. The standard InChI is InChI=1S/C25H26N2O2/c28-25(21-9-6-10-21)27-22-11-4-7-19(15-22)17-26-18-20-8-5-14-24(16-20)29-23-12-2-1-3-13-23/h1-5,7-8,11-16,21,26H,6,9-10,17-18H2,(H,27,28). The molecule has 0 aliphatic heterocycles. The lowest BCUT2D eigenvalue weighted by molar-refractivity contribution is -0.122. The monoisotopic (exact) mass is 386 g/mol. The van der Waals surface area contributed by atoms with Crippen LogP contribution in [-0.2, 0) is 17.9 Å². The highest BCUT2D eigenvalue weighted by Gasteiger charge is 2.25. The number of benzene rings is 3. The minimum absolute atomic E-state index is 0.150. The molecule has 0 atom stereocenters. The fraction of sp³-hybridized carbons (Fsp3) is 0.240. The summed E-state index contributed by atoms with van der Waals surface area (Å²) in [6, 6.07) is 25.9. The maximum atomic E-state index is 12.1. The Morgan fingerprint density at radius 1 is 0.828 bits per heavy atom. The van der Waals surface area contributed by atoms with E-state index in [9.17, 15) is 4.79 Å². The number of amides is 1. The number of carbonyl (C=O) groups is 1. The van der Waals surface area contributed by atoms with E-state index in [1.165, 1.54) is 6.42 Å². The molecule has 0 heterocycles. The maximum Gasteiger partial charge on any atom is 0.227 e. The van der Waals surface area contributed by atoms with Crippen molar-refractivity contribution in [1.82, 2.24) is 5.32 Å². The summed E-state index contributed by atoms with van der Waals surface area (Å²) in [7, 11) is 0. The van der Waals surface area contributed by atoms with Crippen molar-refractivity contribution < 1.29 is 9.53 Å². The van der Waals surface area contributed by atoms with E-state index in [4.69, 9.17) is 4.74 Å². The molecule has 4 heteroatoms. The Balaban J connectivity index is 1.29. The van der Waals surface area contributed by atoms with Crippen LogP contribution in [0.1, 0.15) is 30.4 Å². The molecule has 0 radical (unpaired) electrons. The summed E-state index contributed by atoms with van der Waals surface area (Å²) in [4.78, 5) is 12.1. The van der Waals surface area contributed by atoms with E-state index in [0.717, 1.165) is 54.2 Å². The molecule has 0 unspecified atom stereocenters. The SMILES string of the molecule is O=C(Nc1cccc(CNCc2cccc(Oc3ccccc3)c2)c1)C1CCC1. The minimum Gasteiger partial charge on any atom is -0.457 e. The second kappa shape index (κ2) is 9.39. The summed E-state index contributed by atoms with van der Waals surface area (Å²) < 4.78 is 5.90. The lowest BCUT2D eigenvalue weighted by Gasteiger charge is -2.24. The molecule has 2 N–H and O–H groups in total. The molecule has 1 fully saturated rings. The van der Waals surface area contributed by atoms with Crippen molar-refractivity contribution >= 4 is 11.6 Å². The van der Waals surface area contributed by atoms with Crippen molar-refractivity contribution in [3.8, 4) is 11.5 Å². The average molecular weight is 386 g/mol. The molecular weight excluding hydrogens is 360 g/mol. The van der Waals surface area contributed by atoms with E-state index < -0.39 is 0 Å². The van der Waals surface area contributed by atoms with Crippen molar-refractivity contribution in [2.24, 2.45) is 5.92 Å². The lowest BCUT2D eigenvalue weighted by Crippen LogP contribution is -2.28. The molecule has 0 saturated heterocycles. The highest BCUT2D eigenvalue weighted by atomic mass is 16.5. The van der Waals surface area contributed by atoms with Gasteiger partial charge in [-0.05, 0) is 60.4 Å². The van der Waals surface area contributed by atoms with Gasteiger partial charge < -0.3 is 15.4 Å². The van der Waals surface area contributed by atoms with Crippen LogP contribution in [0.2, 0.25) is 0 Å². The number of hydrogen-bond acceptors (Lipinski definition) is 3. The van der Waals surface area contributed by atoms with Gasteiger partial charge in [-0.2, -0.15) is 0 Å². The Morgan fingerprint density at radius 2 is 1.52 bits per heavy atom. The van der Waals surface area contributed by atoms with E-state index in [-0.39, 0.29) is 11.8 Å². The molecule has 1 aliphatic rings. The van der Waals surface area contributed by atoms with Crippen LogP contribution in [-0.4, -0.2) is 5.91 Å². The second-order valence-electron chi connectivity index (χ2n) is 7.48. The number of hydrogen-bond donors (Lipinski definition) is 2. The van der Waals surface area contributed by atoms with Crippen LogP contribution < -0.4 is 15.4 Å². The number of carbonyl (C=O) groups excluding carboxylic acids is 1. The Hall–Kier alpha value is -3.11. The zero-order valence-corrected chi connectivity index (χ0v) is 16.4. The molecular formula is C25H26N2O2. The van der Waals surface area contributed by atoms with Gasteiger partial charge in [0.15, 0.2) is 0 Å². The van der Waals surface area contributed by atoms with Crippen LogP contribution >= 0.6 is 0 Å². The minimum atomic E-state index is 0.150. The molecule has 1 aliphatic carbocycles. The molecule has 148 valence electrons. The maximum absolute atomic E-state index is 12.1. The second-order valence-corrected chi connectivity index (χ2v) is 7.48. The van der Waals surface area contributed by atoms with Gasteiger partial charge in [0.05, 0.1) is 0 Å². The summed E-state index contributed by atoms with van der Waals surface area (Å²) in [6.45, 7) is 1.47. The normalized spacial score (nSPS) is 13.5. The number of para-hydroxylation sites is 1. The smallest absolute Gasteiger partial charge is 0.227 e. The third kappa shape index (κ3) is 5.46. The van der Waals surface area contributed by atoms with Crippen molar-refractivity contribution in [3.05, 3.63) is 90.0 Å². The summed E-state index contributed by atoms with van der Waals surface area (Å²) in [5.74, 6) is 2.01. The molecule has 3 aromatic carbocycles. The first-order valence-electron chi connectivity index (χ1n) is 10.2. The summed E-state index contributed by atoms with van der Waals surface area (Å²) >= 11 is 0. The molecule has 4 rings (SSSR count). The Labute approximate surface area is 171 Å². The predicted octanol–water partition coefficient (Wildman–Crippen LogP) is 5.51. The molecule has 29 heavy (non-hydrogen) atoms. The van der Waals surface area contributed by atoms with Gasteiger partial charge in [0.25, 0.3) is 0 Å². The third-order valence-corrected chi connectivity index (χ3v) is 5.21. The molecule has 4 nitrogen and oxygen atoms in total. The lowest BCUT2D eigenvalue weighted by atomic mass is 9.85. The van der Waals surface area contributed by atoms with E-state index in [2.05, 4.69) is 28.8 Å². The molecule has 0 aromatic heterocycles. The molecule has 0 bridgehead atoms. The van der Waals surface area contributed by atoms with E-state index in [0.29, 0.717) is 0 Å². The van der Waals surface area contributed by atoms with Crippen LogP contribution in [0.15, 0.2) is 78.9 Å². The molecule has 1 amide bonds. The number of rotatable bonds is 8. The topological polar surface area (TPSA) is 50.4 Å². The van der Waals surface area contributed by atoms with Gasteiger partial charge in [-0.3, -0.25) is 4.79 Å². The van der Waals surface area contributed by atoms with Crippen LogP contribution in [0.25, 0.3) is 0 Å². The van der Waals surface area contributed by atoms with Crippen LogP contribution in [0.5, 0.6) is 11.5 Å². The van der Waals surface area contributed by atoms with Gasteiger partial charge in [0, 0.05) is 24.7 Å². The van der Waals surface area contributed by atoms with E-state index in [1.54, 1.807) is 0 Å². The molecule has 1 saturated carbocycles. The molecule has 3 aromatic rings. The van der Waals surface area contributed by atoms with Crippen molar-refractivity contribution in [3.63, 3.8) is 0 Å². The van der Waals surface area contributed by atoms with Crippen LogP contribution in [0, 0.1) is 5.92 Å². The number of anilines is 1. The highest BCUT2D eigenvalue weighted by Crippen LogP contribution is 2.27. The van der Waals surface area contributed by atoms with Gasteiger partial charge in [-0.25, -0.2) is 0 Å². The van der Waals surface area contributed by atoms with Crippen molar-refractivity contribution in [2.45, 2.75) is 32.4 Å². The van der Waals surface area contributed by atoms with Crippen molar-refractivity contribution in [1.29, 1.82) is 0 Å². The average Bonchev–Trinajstić information content (AvgIpc) is 2.68. The number of nitrogens with one attached hydrogen (secondary N) is 2. The van der Waals surface area contributed by atoms with Gasteiger partial charge in [-0.1, -0.05) is 48.9 Å². The molecule has 0 spiro atoms. The summed E-state index contributed by atoms with van der Waals surface area (Å²) in [5.41, 5.74) is 3.18. The number of ether oxygens (including phenoxy) is 1. The fourth-order valence-corrected chi connectivity index (χ4v) is 3.37. The Bertz CT molecular complexity index is 952. The largest absolute Gasteiger partial charge is 0.457 e. The first kappa shape index (κ1) is 19.2. The zero-order chi connectivity index (χ0) is 19.9. The van der Waals surface area contributed by atoms with Crippen molar-refractivity contribution in [2.75, 3.05) is 5.32 Å². The van der Waals surface area contributed by atoms with Gasteiger partial charge >= 0.3 is 0 Å². The third-order valence-electron chi connectivity index (χ3n) is 5.21. The first-order valence-corrected chi connectivity index (χ1v) is 10.2. The highest BCUT2D eigenvalue weighted by molar-refractivity contribution is 5.93. The zero-order valence-electron chi connectivity index (χ0n) is 16.4. The first-order chi connectivity index (χ1) is 14.3. The van der Waals surface area contributed by atoms with Gasteiger partial charge in [-0.15, -0.1) is 0 Å². The van der Waals surface area contributed by atoms with E-state index in [1.807, 2.05) is 60.7 Å². The van der Waals surface area contributed by atoms with E-state index >= 15 is 0 Å².